The van der Waals surface area contributed by atoms with Crippen LogP contribution in [0.15, 0.2) is 96.7 Å². The zero-order valence-corrected chi connectivity index (χ0v) is 14.7. The Morgan fingerprint density at radius 3 is 2.12 bits per heavy atom. The zero-order valence-electron chi connectivity index (χ0n) is 14.0. The molecule has 0 spiro atoms. The number of carbonyl (C=O) groups excluding carboxylic acids is 1. The van der Waals surface area contributed by atoms with Crippen LogP contribution in [-0.2, 0) is 4.79 Å². The number of hydrogen-bond acceptors (Lipinski definition) is 2. The zero-order chi connectivity index (χ0) is 17.9. The maximum absolute atomic E-state index is 13.2. The fourth-order valence-electron chi connectivity index (χ4n) is 3.14. The number of carbonyl (C=O) groups is 1. The molecule has 1 heterocycles. The molecule has 3 aromatic carbocycles. The number of nitrogens with zero attached hydrogens (tertiary/aromatic N) is 1. The van der Waals surface area contributed by atoms with Crippen molar-refractivity contribution >= 4 is 28.9 Å². The average Bonchev–Trinajstić information content (AvgIpc) is 3.00. The van der Waals surface area contributed by atoms with E-state index in [0.717, 1.165) is 16.9 Å². The van der Waals surface area contributed by atoms with E-state index in [4.69, 9.17) is 11.6 Å². The van der Waals surface area contributed by atoms with Gasteiger partial charge in [0.2, 0.25) is 0 Å². The van der Waals surface area contributed by atoms with Crippen LogP contribution >= 0.6 is 11.6 Å². The fraction of sp³-hybridized carbons (Fsp3) is 0.0455. The van der Waals surface area contributed by atoms with Crippen molar-refractivity contribution in [2.75, 3.05) is 10.2 Å². The largest absolute Gasteiger partial charge is 0.351 e. The molecule has 1 aliphatic rings. The summed E-state index contributed by atoms with van der Waals surface area (Å²) in [7, 11) is 0. The van der Waals surface area contributed by atoms with Gasteiger partial charge in [0.15, 0.2) is 0 Å². The molecule has 1 aliphatic heterocycles. The normalized spacial score (nSPS) is 16.5. The van der Waals surface area contributed by atoms with Crippen molar-refractivity contribution in [1.29, 1.82) is 0 Å². The summed E-state index contributed by atoms with van der Waals surface area (Å²) in [5, 5.41) is 3.88. The topological polar surface area (TPSA) is 32.3 Å². The van der Waals surface area contributed by atoms with E-state index >= 15 is 0 Å². The average molecular weight is 361 g/mol. The monoisotopic (exact) mass is 360 g/mol. The van der Waals surface area contributed by atoms with Crippen LogP contribution in [0.3, 0.4) is 0 Å². The van der Waals surface area contributed by atoms with Gasteiger partial charge in [0, 0.05) is 16.4 Å². The van der Waals surface area contributed by atoms with Crippen molar-refractivity contribution in [2.45, 2.75) is 6.04 Å². The second-order valence-electron chi connectivity index (χ2n) is 6.05. The minimum absolute atomic E-state index is 0.0787. The predicted octanol–water partition coefficient (Wildman–Crippen LogP) is 5.42. The molecule has 0 saturated carbocycles. The van der Waals surface area contributed by atoms with E-state index in [1.165, 1.54) is 0 Å². The summed E-state index contributed by atoms with van der Waals surface area (Å²) >= 11 is 6.43. The highest BCUT2D eigenvalue weighted by atomic mass is 35.5. The van der Waals surface area contributed by atoms with Gasteiger partial charge in [-0.25, -0.2) is 0 Å². The summed E-state index contributed by atoms with van der Waals surface area (Å²) in [6.45, 7) is 0. The number of anilines is 2. The highest BCUT2D eigenvalue weighted by Crippen LogP contribution is 2.38. The minimum atomic E-state index is -0.259. The molecule has 0 fully saturated rings. The number of benzene rings is 3. The van der Waals surface area contributed by atoms with Gasteiger partial charge in [0.05, 0.1) is 6.04 Å². The van der Waals surface area contributed by atoms with Gasteiger partial charge in [-0.15, -0.1) is 0 Å². The Hall–Kier alpha value is -3.04. The Balaban J connectivity index is 1.76. The lowest BCUT2D eigenvalue weighted by Crippen LogP contribution is -2.30. The van der Waals surface area contributed by atoms with Crippen LogP contribution < -0.4 is 10.2 Å². The van der Waals surface area contributed by atoms with E-state index in [1.807, 2.05) is 91.0 Å². The van der Waals surface area contributed by atoms with Gasteiger partial charge >= 0.3 is 0 Å². The first-order chi connectivity index (χ1) is 12.7. The summed E-state index contributed by atoms with van der Waals surface area (Å²) in [4.78, 5) is 14.9. The van der Waals surface area contributed by atoms with Gasteiger partial charge in [-0.1, -0.05) is 66.2 Å². The van der Waals surface area contributed by atoms with Crippen LogP contribution in [0.2, 0.25) is 5.02 Å². The maximum Gasteiger partial charge on any atom is 0.275 e. The van der Waals surface area contributed by atoms with Gasteiger partial charge in [0.1, 0.15) is 5.70 Å². The first-order valence-electron chi connectivity index (χ1n) is 8.41. The summed E-state index contributed by atoms with van der Waals surface area (Å²) in [5.41, 5.74) is 3.16. The third-order valence-corrected chi connectivity index (χ3v) is 4.71. The molecule has 0 bridgehead atoms. The third kappa shape index (κ3) is 3.09. The molecule has 128 valence electrons. The van der Waals surface area contributed by atoms with E-state index in [1.54, 1.807) is 4.90 Å². The smallest absolute Gasteiger partial charge is 0.275 e. The highest BCUT2D eigenvalue weighted by Gasteiger charge is 2.35. The second-order valence-corrected chi connectivity index (χ2v) is 6.46. The molecule has 3 aromatic rings. The molecule has 0 radical (unpaired) electrons. The fourth-order valence-corrected chi connectivity index (χ4v) is 3.39. The van der Waals surface area contributed by atoms with Crippen molar-refractivity contribution in [3.05, 3.63) is 107 Å². The van der Waals surface area contributed by atoms with E-state index < -0.39 is 0 Å². The van der Waals surface area contributed by atoms with Gasteiger partial charge in [-0.2, -0.15) is 0 Å². The molecular formula is C22H17ClN2O. The van der Waals surface area contributed by atoms with Crippen LogP contribution in [0.4, 0.5) is 11.4 Å². The molecular weight excluding hydrogens is 344 g/mol. The van der Waals surface area contributed by atoms with Crippen molar-refractivity contribution in [3.8, 4) is 0 Å². The predicted molar refractivity (Wildman–Crippen MR) is 106 cm³/mol. The number of nitrogens with one attached hydrogen (secondary N) is 1. The van der Waals surface area contributed by atoms with Gasteiger partial charge in [-0.3, -0.25) is 9.69 Å². The number of hydrogen-bond donors (Lipinski definition) is 1. The Bertz CT molecular complexity index is 954. The molecule has 1 amide bonds. The molecule has 0 aliphatic carbocycles. The van der Waals surface area contributed by atoms with Crippen LogP contribution in [0.1, 0.15) is 11.6 Å². The summed E-state index contributed by atoms with van der Waals surface area (Å²) < 4.78 is 0. The van der Waals surface area contributed by atoms with E-state index in [-0.39, 0.29) is 11.9 Å². The van der Waals surface area contributed by atoms with Crippen LogP contribution in [0.25, 0.3) is 0 Å². The number of para-hydroxylation sites is 2. The molecule has 4 rings (SSSR count). The second kappa shape index (κ2) is 7.06. The maximum atomic E-state index is 13.2. The van der Waals surface area contributed by atoms with Gasteiger partial charge in [-0.05, 0) is 42.0 Å². The number of rotatable bonds is 4. The highest BCUT2D eigenvalue weighted by molar-refractivity contribution is 6.31. The number of halogens is 1. The van der Waals surface area contributed by atoms with E-state index in [9.17, 15) is 4.79 Å². The Morgan fingerprint density at radius 1 is 0.808 bits per heavy atom. The van der Waals surface area contributed by atoms with E-state index in [2.05, 4.69) is 5.32 Å². The lowest BCUT2D eigenvalue weighted by Gasteiger charge is -2.25. The van der Waals surface area contributed by atoms with Gasteiger partial charge in [0.25, 0.3) is 5.91 Å². The summed E-state index contributed by atoms with van der Waals surface area (Å²) in [6, 6.07) is 26.7. The Labute approximate surface area is 157 Å². The lowest BCUT2D eigenvalue weighted by atomic mass is 10.1. The van der Waals surface area contributed by atoms with Gasteiger partial charge < -0.3 is 5.32 Å². The third-order valence-electron chi connectivity index (χ3n) is 4.36. The van der Waals surface area contributed by atoms with Crippen molar-refractivity contribution in [1.82, 2.24) is 0 Å². The van der Waals surface area contributed by atoms with Crippen LogP contribution in [0, 0.1) is 0 Å². The molecule has 3 nitrogen and oxygen atoms in total. The lowest BCUT2D eigenvalue weighted by molar-refractivity contribution is -0.114. The van der Waals surface area contributed by atoms with Crippen LogP contribution in [0.5, 0.6) is 0 Å². The summed E-state index contributed by atoms with van der Waals surface area (Å²) in [5.74, 6) is -0.0787. The first kappa shape index (κ1) is 16.4. The van der Waals surface area contributed by atoms with E-state index in [0.29, 0.717) is 10.7 Å². The molecule has 1 N–H and O–H groups in total. The standard InChI is InChI=1S/C22H17ClN2O/c23-19-14-8-7-13-18(19)21-15-20(24-16-9-3-1-4-10-16)22(26)25(21)17-11-5-2-6-12-17/h1-15,21,24H. The molecule has 26 heavy (non-hydrogen) atoms. The quantitative estimate of drug-likeness (QED) is 0.673. The molecule has 1 unspecified atom stereocenters. The number of amides is 1. The van der Waals surface area contributed by atoms with Crippen molar-refractivity contribution in [3.63, 3.8) is 0 Å². The molecule has 4 heteroatoms. The SMILES string of the molecule is O=C1C(Nc2ccccc2)=CC(c2ccccc2Cl)N1c1ccccc1. The van der Waals surface area contributed by atoms with Crippen LogP contribution in [-0.4, -0.2) is 5.91 Å². The molecule has 1 atom stereocenters. The summed E-state index contributed by atoms with van der Waals surface area (Å²) in [6.07, 6.45) is 1.93. The van der Waals surface area contributed by atoms with Crippen molar-refractivity contribution in [2.24, 2.45) is 0 Å². The molecule has 0 saturated heterocycles. The Morgan fingerprint density at radius 2 is 1.42 bits per heavy atom. The minimum Gasteiger partial charge on any atom is -0.351 e. The molecule has 0 aromatic heterocycles. The first-order valence-corrected chi connectivity index (χ1v) is 8.79. The van der Waals surface area contributed by atoms with Crippen molar-refractivity contribution < 1.29 is 4.79 Å². The Kier molecular flexibility index (Phi) is 4.46.